The van der Waals surface area contributed by atoms with Crippen molar-refractivity contribution in [1.82, 2.24) is 19.6 Å². The summed E-state index contributed by atoms with van der Waals surface area (Å²) in [5.41, 5.74) is 6.47. The zero-order chi connectivity index (χ0) is 18.6. The Morgan fingerprint density at radius 2 is 1.73 bits per heavy atom. The standard InChI is InChI=1S/C17H21N5O3S/c18-16-15(19-8-9-20-16)17(23)21-12-13-4-6-14(7-5-13)26(24,25)22-10-2-1-3-11-22/h4-9H,1-3,10-12H2,(H2,18,20)(H,21,23). The molecule has 1 aromatic carbocycles. The summed E-state index contributed by atoms with van der Waals surface area (Å²) < 4.78 is 26.8. The van der Waals surface area contributed by atoms with E-state index in [2.05, 4.69) is 15.3 Å². The van der Waals surface area contributed by atoms with E-state index in [-0.39, 0.29) is 23.0 Å². The first-order valence-corrected chi connectivity index (χ1v) is 9.86. The molecule has 138 valence electrons. The van der Waals surface area contributed by atoms with Crippen molar-refractivity contribution in [3.05, 3.63) is 47.9 Å². The Morgan fingerprint density at radius 1 is 1.08 bits per heavy atom. The number of hydrogen-bond acceptors (Lipinski definition) is 6. The summed E-state index contributed by atoms with van der Waals surface area (Å²) in [5.74, 6) is -0.367. The van der Waals surface area contributed by atoms with E-state index in [1.54, 1.807) is 24.3 Å². The number of benzene rings is 1. The molecule has 0 unspecified atom stereocenters. The first-order chi connectivity index (χ1) is 12.5. The zero-order valence-electron chi connectivity index (χ0n) is 14.3. The molecule has 0 atom stereocenters. The largest absolute Gasteiger partial charge is 0.382 e. The summed E-state index contributed by atoms with van der Waals surface area (Å²) >= 11 is 0. The molecule has 1 aliphatic heterocycles. The SMILES string of the molecule is Nc1nccnc1C(=O)NCc1ccc(S(=O)(=O)N2CCCCC2)cc1. The third-order valence-corrected chi connectivity index (χ3v) is 6.18. The molecule has 26 heavy (non-hydrogen) atoms. The monoisotopic (exact) mass is 375 g/mol. The van der Waals surface area contributed by atoms with Gasteiger partial charge in [0, 0.05) is 32.0 Å². The van der Waals surface area contributed by atoms with E-state index in [1.807, 2.05) is 0 Å². The van der Waals surface area contributed by atoms with Crippen LogP contribution in [0.2, 0.25) is 0 Å². The van der Waals surface area contributed by atoms with Crippen molar-refractivity contribution >= 4 is 21.7 Å². The van der Waals surface area contributed by atoms with Crippen molar-refractivity contribution in [2.75, 3.05) is 18.8 Å². The molecule has 1 fully saturated rings. The van der Waals surface area contributed by atoms with Gasteiger partial charge in [0.2, 0.25) is 10.0 Å². The lowest BCUT2D eigenvalue weighted by Gasteiger charge is -2.25. The van der Waals surface area contributed by atoms with Crippen LogP contribution in [0.1, 0.15) is 35.3 Å². The van der Waals surface area contributed by atoms with E-state index in [4.69, 9.17) is 5.73 Å². The maximum atomic E-state index is 12.6. The Labute approximate surface area is 152 Å². The zero-order valence-corrected chi connectivity index (χ0v) is 15.1. The summed E-state index contributed by atoms with van der Waals surface area (Å²) in [6.45, 7) is 1.37. The van der Waals surface area contributed by atoms with Crippen LogP contribution in [0.3, 0.4) is 0 Å². The summed E-state index contributed by atoms with van der Waals surface area (Å²) in [4.78, 5) is 20.1. The summed E-state index contributed by atoms with van der Waals surface area (Å²) in [6, 6.07) is 6.53. The van der Waals surface area contributed by atoms with Crippen molar-refractivity contribution in [2.24, 2.45) is 0 Å². The molecule has 0 aliphatic carbocycles. The van der Waals surface area contributed by atoms with Crippen LogP contribution in [0.25, 0.3) is 0 Å². The van der Waals surface area contributed by atoms with Crippen molar-refractivity contribution in [3.8, 4) is 0 Å². The topological polar surface area (TPSA) is 118 Å². The van der Waals surface area contributed by atoms with Gasteiger partial charge in [-0.25, -0.2) is 18.4 Å². The van der Waals surface area contributed by atoms with Gasteiger partial charge in [0.1, 0.15) is 0 Å². The van der Waals surface area contributed by atoms with Crippen LogP contribution in [0.4, 0.5) is 5.82 Å². The number of hydrogen-bond donors (Lipinski definition) is 2. The number of amides is 1. The number of anilines is 1. The molecule has 0 radical (unpaired) electrons. The molecule has 1 amide bonds. The van der Waals surface area contributed by atoms with Gasteiger partial charge in [0.15, 0.2) is 11.5 Å². The highest BCUT2D eigenvalue weighted by molar-refractivity contribution is 7.89. The van der Waals surface area contributed by atoms with E-state index in [1.165, 1.54) is 16.7 Å². The van der Waals surface area contributed by atoms with E-state index in [0.717, 1.165) is 24.8 Å². The van der Waals surface area contributed by atoms with E-state index in [0.29, 0.717) is 13.1 Å². The average Bonchev–Trinajstić information content (AvgIpc) is 2.67. The molecule has 1 aromatic heterocycles. The summed E-state index contributed by atoms with van der Waals surface area (Å²) in [5, 5.41) is 2.70. The Balaban J connectivity index is 1.64. The van der Waals surface area contributed by atoms with Crippen molar-refractivity contribution in [3.63, 3.8) is 0 Å². The Kier molecular flexibility index (Phi) is 5.48. The number of rotatable bonds is 5. The molecule has 9 heteroatoms. The molecule has 0 spiro atoms. The van der Waals surface area contributed by atoms with E-state index >= 15 is 0 Å². The number of nitrogens with two attached hydrogens (primary N) is 1. The predicted octanol–water partition coefficient (Wildman–Crippen LogP) is 1.16. The molecule has 1 saturated heterocycles. The molecule has 0 saturated carbocycles. The normalized spacial score (nSPS) is 15.5. The number of sulfonamides is 1. The number of nitrogens with one attached hydrogen (secondary N) is 1. The number of nitrogens with zero attached hydrogens (tertiary/aromatic N) is 3. The van der Waals surface area contributed by atoms with Crippen molar-refractivity contribution in [1.29, 1.82) is 0 Å². The highest BCUT2D eigenvalue weighted by Gasteiger charge is 2.25. The van der Waals surface area contributed by atoms with Gasteiger partial charge in [-0.3, -0.25) is 4.79 Å². The molecular weight excluding hydrogens is 354 g/mol. The van der Waals surface area contributed by atoms with Crippen LogP contribution in [0, 0.1) is 0 Å². The Bertz CT molecular complexity index is 878. The van der Waals surface area contributed by atoms with E-state index < -0.39 is 15.9 Å². The molecular formula is C17H21N5O3S. The number of nitrogen functional groups attached to an aromatic ring is 1. The van der Waals surface area contributed by atoms with Crippen LogP contribution in [0.15, 0.2) is 41.6 Å². The number of piperidine rings is 1. The van der Waals surface area contributed by atoms with Gasteiger partial charge in [-0.1, -0.05) is 18.6 Å². The number of carbonyl (C=O) groups is 1. The fourth-order valence-electron chi connectivity index (χ4n) is 2.82. The van der Waals surface area contributed by atoms with Crippen LogP contribution < -0.4 is 11.1 Å². The summed E-state index contributed by atoms with van der Waals surface area (Å²) in [6.07, 6.45) is 5.67. The molecule has 2 heterocycles. The van der Waals surface area contributed by atoms with Crippen LogP contribution >= 0.6 is 0 Å². The maximum absolute atomic E-state index is 12.6. The first-order valence-electron chi connectivity index (χ1n) is 8.42. The van der Waals surface area contributed by atoms with Gasteiger partial charge in [-0.05, 0) is 30.5 Å². The van der Waals surface area contributed by atoms with Crippen molar-refractivity contribution < 1.29 is 13.2 Å². The molecule has 3 rings (SSSR count). The van der Waals surface area contributed by atoms with Gasteiger partial charge in [0.25, 0.3) is 5.91 Å². The minimum absolute atomic E-state index is 0.0629. The average molecular weight is 375 g/mol. The van der Waals surface area contributed by atoms with Crippen molar-refractivity contribution in [2.45, 2.75) is 30.7 Å². The fraction of sp³-hybridized carbons (Fsp3) is 0.353. The third kappa shape index (κ3) is 4.00. The lowest BCUT2D eigenvalue weighted by Crippen LogP contribution is -2.35. The number of carbonyl (C=O) groups excluding carboxylic acids is 1. The smallest absolute Gasteiger partial charge is 0.273 e. The van der Waals surface area contributed by atoms with Gasteiger partial charge < -0.3 is 11.1 Å². The maximum Gasteiger partial charge on any atom is 0.273 e. The van der Waals surface area contributed by atoms with Gasteiger partial charge in [0.05, 0.1) is 4.90 Å². The molecule has 3 N–H and O–H groups in total. The highest BCUT2D eigenvalue weighted by Crippen LogP contribution is 2.20. The van der Waals surface area contributed by atoms with Gasteiger partial charge >= 0.3 is 0 Å². The molecule has 0 bridgehead atoms. The highest BCUT2D eigenvalue weighted by atomic mass is 32.2. The van der Waals surface area contributed by atoms with Crippen LogP contribution in [-0.2, 0) is 16.6 Å². The number of aromatic nitrogens is 2. The molecule has 2 aromatic rings. The quantitative estimate of drug-likeness (QED) is 0.810. The fourth-order valence-corrected chi connectivity index (χ4v) is 4.34. The van der Waals surface area contributed by atoms with Gasteiger partial charge in [-0.15, -0.1) is 0 Å². The Morgan fingerprint density at radius 3 is 2.38 bits per heavy atom. The molecule has 8 nitrogen and oxygen atoms in total. The second-order valence-corrected chi connectivity index (χ2v) is 8.02. The second kappa shape index (κ2) is 7.79. The third-order valence-electron chi connectivity index (χ3n) is 4.27. The Hall–Kier alpha value is -2.52. The van der Waals surface area contributed by atoms with Gasteiger partial charge in [-0.2, -0.15) is 4.31 Å². The van der Waals surface area contributed by atoms with Crippen LogP contribution in [0.5, 0.6) is 0 Å². The molecule has 1 aliphatic rings. The minimum Gasteiger partial charge on any atom is -0.382 e. The van der Waals surface area contributed by atoms with Crippen LogP contribution in [-0.4, -0.2) is 41.7 Å². The summed E-state index contributed by atoms with van der Waals surface area (Å²) in [7, 11) is -3.45. The lowest BCUT2D eigenvalue weighted by atomic mass is 10.2. The minimum atomic E-state index is -3.45. The first kappa shape index (κ1) is 18.3. The predicted molar refractivity (Wildman–Crippen MR) is 96.7 cm³/mol. The van der Waals surface area contributed by atoms with E-state index in [9.17, 15) is 13.2 Å². The lowest BCUT2D eigenvalue weighted by molar-refractivity contribution is 0.0946. The second-order valence-electron chi connectivity index (χ2n) is 6.08.